The van der Waals surface area contributed by atoms with Crippen LogP contribution >= 0.6 is 15.5 Å². The van der Waals surface area contributed by atoms with Gasteiger partial charge in [0.05, 0.1) is 6.04 Å². The fourth-order valence-electron chi connectivity index (χ4n) is 1.30. The van der Waals surface area contributed by atoms with E-state index < -0.39 is 26.8 Å². The summed E-state index contributed by atoms with van der Waals surface area (Å²) >= 11 is 0. The average molecular weight is 274 g/mol. The van der Waals surface area contributed by atoms with Crippen LogP contribution in [0.3, 0.4) is 0 Å². The molecule has 1 aliphatic heterocycles. The summed E-state index contributed by atoms with van der Waals surface area (Å²) in [6.07, 6.45) is 0.840. The van der Waals surface area contributed by atoms with E-state index in [1.165, 1.54) is 0 Å². The topological polar surface area (TPSA) is 140 Å². The summed E-state index contributed by atoms with van der Waals surface area (Å²) in [5.41, 5.74) is 0. The van der Waals surface area contributed by atoms with Crippen molar-refractivity contribution < 1.29 is 33.8 Å². The Morgan fingerprint density at radius 2 is 1.75 bits per heavy atom. The fourth-order valence-corrected chi connectivity index (χ4v) is 3.34. The Morgan fingerprint density at radius 3 is 2.12 bits per heavy atom. The highest BCUT2D eigenvalue weighted by atomic mass is 31.3. The van der Waals surface area contributed by atoms with Gasteiger partial charge in [-0.25, -0.2) is 9.56 Å². The zero-order valence-electron chi connectivity index (χ0n) is 8.30. The van der Waals surface area contributed by atoms with E-state index in [4.69, 9.17) is 29.2 Å². The van der Waals surface area contributed by atoms with Crippen molar-refractivity contribution in [3.05, 3.63) is 0 Å². The Hall–Kier alpha value is 0.0900. The molecule has 10 heteroatoms. The third-order valence-corrected chi connectivity index (χ3v) is 4.89. The number of aliphatic imine (C=N–C) groups is 1. The number of hydrogen-bond donors (Lipinski definition) is 5. The maximum absolute atomic E-state index is 10.9. The van der Waals surface area contributed by atoms with E-state index in [1.807, 2.05) is 0 Å². The molecule has 0 aromatic rings. The Bertz CT molecular complexity index is 313. The van der Waals surface area contributed by atoms with Gasteiger partial charge in [-0.3, -0.25) is 0 Å². The molecular formula is C6H14NO7P2+. The molecule has 1 heterocycles. The van der Waals surface area contributed by atoms with Crippen LogP contribution in [0.15, 0.2) is 4.99 Å². The van der Waals surface area contributed by atoms with Gasteiger partial charge in [-0.05, 0) is 12.8 Å². The first-order valence-electron chi connectivity index (χ1n) is 4.51. The Morgan fingerprint density at radius 1 is 1.25 bits per heavy atom. The van der Waals surface area contributed by atoms with Crippen LogP contribution in [-0.2, 0) is 9.30 Å². The average Bonchev–Trinajstić information content (AvgIpc) is 2.12. The normalized spacial score (nSPS) is 21.2. The molecule has 0 atom stereocenters. The number of ether oxygens (including phenoxy) is 1. The highest BCUT2D eigenvalue weighted by Gasteiger charge is 2.52. The summed E-state index contributed by atoms with van der Waals surface area (Å²) in [7, 11) is -9.72. The van der Waals surface area contributed by atoms with Crippen molar-refractivity contribution in [3.63, 3.8) is 0 Å². The van der Waals surface area contributed by atoms with E-state index in [1.54, 1.807) is 0 Å². The second-order valence-electron chi connectivity index (χ2n) is 3.39. The molecule has 0 radical (unpaired) electrons. The third-order valence-electron chi connectivity index (χ3n) is 2.02. The maximum Gasteiger partial charge on any atom is 0.469 e. The van der Waals surface area contributed by atoms with Crippen LogP contribution in [0, 0.1) is 0 Å². The van der Waals surface area contributed by atoms with Crippen LogP contribution < -0.4 is 0 Å². The van der Waals surface area contributed by atoms with Gasteiger partial charge < -0.3 is 14.5 Å². The van der Waals surface area contributed by atoms with E-state index in [9.17, 15) is 4.57 Å². The van der Waals surface area contributed by atoms with E-state index in [-0.39, 0.29) is 0 Å². The van der Waals surface area contributed by atoms with Crippen molar-refractivity contribution in [2.24, 2.45) is 4.99 Å². The molecule has 0 unspecified atom stereocenters. The van der Waals surface area contributed by atoms with E-state index in [2.05, 4.69) is 4.99 Å². The second-order valence-corrected chi connectivity index (χ2v) is 6.81. The monoisotopic (exact) mass is 274 g/mol. The molecule has 0 bridgehead atoms. The number of nitrogens with zero attached hydrogens (tertiary/aromatic N) is 1. The Balaban J connectivity index is 2.92. The standard InChI is InChI=1S/C6H13NO7P2/c8-15(9,10)6(16(11,12)13)7-5-1-3-14-4-2-5/h5,8-10H,1-4H2,(H-,11,12,13)/p+1. The van der Waals surface area contributed by atoms with Crippen LogP contribution in [0.5, 0.6) is 0 Å². The minimum Gasteiger partial charge on any atom is -0.381 e. The smallest absolute Gasteiger partial charge is 0.381 e. The quantitative estimate of drug-likeness (QED) is 0.343. The van der Waals surface area contributed by atoms with Crippen molar-refractivity contribution in [1.82, 2.24) is 0 Å². The molecule has 1 saturated heterocycles. The van der Waals surface area contributed by atoms with Gasteiger partial charge in [-0.2, -0.15) is 14.7 Å². The van der Waals surface area contributed by atoms with E-state index in [0.717, 1.165) is 0 Å². The third kappa shape index (κ3) is 4.16. The van der Waals surface area contributed by atoms with Gasteiger partial charge in [0.25, 0.3) is 0 Å². The lowest BCUT2D eigenvalue weighted by Crippen LogP contribution is -2.21. The van der Waals surface area contributed by atoms with Crippen molar-refractivity contribution in [2.75, 3.05) is 13.2 Å². The van der Waals surface area contributed by atoms with Crippen molar-refractivity contribution >= 4 is 20.7 Å². The molecule has 16 heavy (non-hydrogen) atoms. The molecule has 5 N–H and O–H groups in total. The molecule has 1 aliphatic rings. The molecule has 0 amide bonds. The van der Waals surface area contributed by atoms with E-state index in [0.29, 0.717) is 26.1 Å². The second kappa shape index (κ2) is 5.16. The van der Waals surface area contributed by atoms with Gasteiger partial charge in [0.2, 0.25) is 0 Å². The van der Waals surface area contributed by atoms with Gasteiger partial charge in [0, 0.05) is 13.2 Å². The Kier molecular flexibility index (Phi) is 4.57. The largest absolute Gasteiger partial charge is 0.469 e. The first-order chi connectivity index (χ1) is 7.21. The first-order valence-corrected chi connectivity index (χ1v) is 7.77. The van der Waals surface area contributed by atoms with Crippen LogP contribution in [-0.4, -0.2) is 48.9 Å². The summed E-state index contributed by atoms with van der Waals surface area (Å²) in [4.78, 5) is 48.0. The minimum atomic E-state index is -4.96. The van der Waals surface area contributed by atoms with Gasteiger partial charge in [-0.15, -0.1) is 0 Å². The lowest BCUT2D eigenvalue weighted by Gasteiger charge is -2.19. The summed E-state index contributed by atoms with van der Waals surface area (Å²) in [5.74, 6) is 0. The number of hydrogen-bond acceptors (Lipinski definition) is 6. The predicted octanol–water partition coefficient (Wildman–Crippen LogP) is -0.561. The molecule has 0 aliphatic carbocycles. The highest BCUT2D eigenvalue weighted by Crippen LogP contribution is 2.60. The molecule has 1 fully saturated rings. The van der Waals surface area contributed by atoms with Gasteiger partial charge in [0.1, 0.15) is 0 Å². The van der Waals surface area contributed by atoms with Crippen molar-refractivity contribution in [1.29, 1.82) is 0 Å². The molecule has 1 rings (SSSR count). The number of rotatable bonds is 3. The molecule has 0 spiro atoms. The summed E-state index contributed by atoms with van der Waals surface area (Å²) in [6, 6.07) is -0.470. The zero-order chi connectivity index (χ0) is 12.4. The molecule has 0 aromatic heterocycles. The predicted molar refractivity (Wildman–Crippen MR) is 56.9 cm³/mol. The van der Waals surface area contributed by atoms with Crippen molar-refractivity contribution in [2.45, 2.75) is 18.9 Å². The zero-order valence-corrected chi connectivity index (χ0v) is 10.1. The van der Waals surface area contributed by atoms with Gasteiger partial charge in [0.15, 0.2) is 0 Å². The molecule has 0 aromatic carbocycles. The van der Waals surface area contributed by atoms with Crippen molar-refractivity contribution in [3.8, 4) is 0 Å². The molecule has 0 saturated carbocycles. The first kappa shape index (κ1) is 14.2. The maximum atomic E-state index is 10.9. The summed E-state index contributed by atoms with van der Waals surface area (Å²) < 4.78 is 15.9. The van der Waals surface area contributed by atoms with Crippen LogP contribution in [0.4, 0.5) is 0 Å². The van der Waals surface area contributed by atoms with Crippen LogP contribution in [0.2, 0.25) is 0 Å². The lowest BCUT2D eigenvalue weighted by atomic mass is 10.1. The SMILES string of the molecule is O=P(O)(O)C(=NC1CCOCC1)[P+](O)(O)O. The van der Waals surface area contributed by atoms with Crippen LogP contribution in [0.25, 0.3) is 0 Å². The molecule has 94 valence electrons. The van der Waals surface area contributed by atoms with Gasteiger partial charge >= 0.3 is 20.7 Å². The van der Waals surface area contributed by atoms with Gasteiger partial charge in [-0.1, -0.05) is 0 Å². The van der Waals surface area contributed by atoms with Crippen LogP contribution in [0.1, 0.15) is 12.8 Å². The fraction of sp³-hybridized carbons (Fsp3) is 0.833. The lowest BCUT2D eigenvalue weighted by molar-refractivity contribution is 0.0871. The van der Waals surface area contributed by atoms with E-state index >= 15 is 0 Å². The molecule has 8 nitrogen and oxygen atoms in total. The Labute approximate surface area is 92.3 Å². The minimum absolute atomic E-state index is 0.385. The highest BCUT2D eigenvalue weighted by molar-refractivity contribution is 8.00. The summed E-state index contributed by atoms with van der Waals surface area (Å²) in [6.45, 7) is 0.771. The molecular weight excluding hydrogens is 260 g/mol. The summed E-state index contributed by atoms with van der Waals surface area (Å²) in [5, 5.41) is -1.22.